The first-order valence-electron chi connectivity index (χ1n) is 5.91. The second kappa shape index (κ2) is 6.42. The highest BCUT2D eigenvalue weighted by atomic mass is 35.5. The quantitative estimate of drug-likeness (QED) is 0.816. The van der Waals surface area contributed by atoms with Gasteiger partial charge in [0.1, 0.15) is 5.82 Å². The fourth-order valence-corrected chi connectivity index (χ4v) is 2.87. The molecule has 0 heterocycles. The van der Waals surface area contributed by atoms with Crippen LogP contribution in [-0.4, -0.2) is 5.11 Å². The third-order valence-electron chi connectivity index (χ3n) is 2.78. The van der Waals surface area contributed by atoms with Crippen LogP contribution in [-0.2, 0) is 5.75 Å². The maximum atomic E-state index is 13.8. The zero-order valence-corrected chi connectivity index (χ0v) is 12.0. The van der Waals surface area contributed by atoms with Crippen LogP contribution in [0.5, 0.6) is 0 Å². The summed E-state index contributed by atoms with van der Waals surface area (Å²) in [6, 6.07) is 12.3. The van der Waals surface area contributed by atoms with E-state index in [0.29, 0.717) is 21.2 Å². The van der Waals surface area contributed by atoms with Crippen LogP contribution in [0.15, 0.2) is 47.4 Å². The summed E-state index contributed by atoms with van der Waals surface area (Å²) in [4.78, 5) is 0.560. The molecule has 0 amide bonds. The molecule has 0 spiro atoms. The van der Waals surface area contributed by atoms with Crippen molar-refractivity contribution in [3.8, 4) is 0 Å². The lowest BCUT2D eigenvalue weighted by Gasteiger charge is -2.08. The van der Waals surface area contributed by atoms with E-state index in [-0.39, 0.29) is 5.82 Å². The Balaban J connectivity index is 2.10. The van der Waals surface area contributed by atoms with E-state index in [1.165, 1.54) is 17.8 Å². The third kappa shape index (κ3) is 3.72. The first kappa shape index (κ1) is 14.4. The van der Waals surface area contributed by atoms with Crippen LogP contribution in [0.3, 0.4) is 0 Å². The third-order valence-corrected chi connectivity index (χ3v) is 4.25. The molecule has 0 bridgehead atoms. The second-order valence-electron chi connectivity index (χ2n) is 4.25. The Labute approximate surface area is 121 Å². The molecule has 0 saturated carbocycles. The minimum atomic E-state index is -0.655. The van der Waals surface area contributed by atoms with Crippen molar-refractivity contribution in [3.63, 3.8) is 0 Å². The van der Waals surface area contributed by atoms with Crippen LogP contribution in [0, 0.1) is 5.82 Å². The molecule has 0 aliphatic heterocycles. The van der Waals surface area contributed by atoms with Gasteiger partial charge in [-0.05, 0) is 36.2 Å². The monoisotopic (exact) mass is 296 g/mol. The summed E-state index contributed by atoms with van der Waals surface area (Å²) in [6.07, 6.45) is -0.655. The van der Waals surface area contributed by atoms with Gasteiger partial charge in [-0.1, -0.05) is 35.9 Å². The van der Waals surface area contributed by atoms with Crippen molar-refractivity contribution >= 4 is 23.4 Å². The smallest absolute Gasteiger partial charge is 0.137 e. The predicted octanol–water partition coefficient (Wildman–Crippen LogP) is 4.82. The molecule has 4 heteroatoms. The molecule has 0 saturated heterocycles. The van der Waals surface area contributed by atoms with E-state index in [4.69, 9.17) is 11.6 Å². The highest BCUT2D eigenvalue weighted by Gasteiger charge is 2.08. The summed E-state index contributed by atoms with van der Waals surface area (Å²) >= 11 is 7.45. The van der Waals surface area contributed by atoms with Gasteiger partial charge >= 0.3 is 0 Å². The van der Waals surface area contributed by atoms with Crippen LogP contribution in [0.25, 0.3) is 0 Å². The predicted molar refractivity (Wildman–Crippen MR) is 78.0 cm³/mol. The van der Waals surface area contributed by atoms with E-state index in [1.807, 2.05) is 24.3 Å². The molecule has 1 nitrogen and oxygen atoms in total. The molecule has 0 aliphatic carbocycles. The van der Waals surface area contributed by atoms with Crippen molar-refractivity contribution in [3.05, 3.63) is 64.4 Å². The largest absolute Gasteiger partial charge is 0.389 e. The van der Waals surface area contributed by atoms with E-state index in [2.05, 4.69) is 0 Å². The number of benzene rings is 2. The van der Waals surface area contributed by atoms with Crippen molar-refractivity contribution in [2.75, 3.05) is 0 Å². The van der Waals surface area contributed by atoms with Crippen molar-refractivity contribution in [2.24, 2.45) is 0 Å². The molecule has 1 N–H and O–H groups in total. The summed E-state index contributed by atoms with van der Waals surface area (Å²) in [5, 5.41) is 10.1. The van der Waals surface area contributed by atoms with Gasteiger partial charge in [-0.15, -0.1) is 11.8 Å². The van der Waals surface area contributed by atoms with E-state index >= 15 is 0 Å². The molecule has 2 aromatic carbocycles. The summed E-state index contributed by atoms with van der Waals surface area (Å²) < 4.78 is 13.8. The summed E-state index contributed by atoms with van der Waals surface area (Å²) in [5.74, 6) is 0.306. The summed E-state index contributed by atoms with van der Waals surface area (Å²) in [7, 11) is 0. The maximum absolute atomic E-state index is 13.8. The Morgan fingerprint density at radius 1 is 1.26 bits per heavy atom. The van der Waals surface area contributed by atoms with Gasteiger partial charge in [-0.25, -0.2) is 4.39 Å². The summed E-state index contributed by atoms with van der Waals surface area (Å²) in [6.45, 7) is 1.62. The van der Waals surface area contributed by atoms with Crippen molar-refractivity contribution in [1.82, 2.24) is 0 Å². The van der Waals surface area contributed by atoms with Crippen LogP contribution >= 0.6 is 23.4 Å². The second-order valence-corrected chi connectivity index (χ2v) is 5.67. The molecule has 0 aromatic heterocycles. The zero-order valence-electron chi connectivity index (χ0n) is 10.4. The fourth-order valence-electron chi connectivity index (χ4n) is 1.66. The number of hydrogen-bond donors (Lipinski definition) is 1. The molecule has 2 rings (SSSR count). The van der Waals surface area contributed by atoms with E-state index < -0.39 is 6.10 Å². The first-order valence-corrected chi connectivity index (χ1v) is 7.28. The van der Waals surface area contributed by atoms with Crippen LogP contribution in [0.2, 0.25) is 5.02 Å². The fraction of sp³-hybridized carbons (Fsp3) is 0.200. The molecule has 0 aliphatic rings. The molecule has 100 valence electrons. The number of rotatable bonds is 4. The molecule has 2 aromatic rings. The molecular weight excluding hydrogens is 283 g/mol. The minimum Gasteiger partial charge on any atom is -0.389 e. The number of aliphatic hydroxyl groups excluding tert-OH is 1. The first-order chi connectivity index (χ1) is 9.08. The Morgan fingerprint density at radius 2 is 2.00 bits per heavy atom. The molecule has 0 radical (unpaired) electrons. The van der Waals surface area contributed by atoms with Crippen LogP contribution < -0.4 is 0 Å². The van der Waals surface area contributed by atoms with Gasteiger partial charge in [0.2, 0.25) is 0 Å². The summed E-state index contributed by atoms with van der Waals surface area (Å²) in [5.41, 5.74) is 1.56. The normalized spacial score (nSPS) is 12.4. The number of aliphatic hydroxyl groups is 1. The molecule has 0 fully saturated rings. The average Bonchev–Trinajstić information content (AvgIpc) is 2.39. The van der Waals surface area contributed by atoms with Gasteiger partial charge < -0.3 is 5.11 Å². The zero-order chi connectivity index (χ0) is 13.8. The van der Waals surface area contributed by atoms with E-state index in [1.54, 1.807) is 19.1 Å². The number of halogens is 2. The van der Waals surface area contributed by atoms with Crippen molar-refractivity contribution in [1.29, 1.82) is 0 Å². The Kier molecular flexibility index (Phi) is 4.86. The average molecular weight is 297 g/mol. The van der Waals surface area contributed by atoms with Crippen LogP contribution in [0.4, 0.5) is 4.39 Å². The highest BCUT2D eigenvalue weighted by molar-refractivity contribution is 7.98. The maximum Gasteiger partial charge on any atom is 0.137 e. The Morgan fingerprint density at radius 3 is 2.63 bits per heavy atom. The molecule has 1 atom stereocenters. The van der Waals surface area contributed by atoms with Gasteiger partial charge in [-0.2, -0.15) is 0 Å². The highest BCUT2D eigenvalue weighted by Crippen LogP contribution is 2.29. The van der Waals surface area contributed by atoms with Gasteiger partial charge in [-0.3, -0.25) is 0 Å². The van der Waals surface area contributed by atoms with Crippen molar-refractivity contribution in [2.45, 2.75) is 23.7 Å². The lowest BCUT2D eigenvalue weighted by atomic mass is 10.1. The van der Waals surface area contributed by atoms with E-state index in [0.717, 1.165) is 5.56 Å². The SMILES string of the molecule is C[C@H](O)c1ccc(SCc2ccccc2Cl)c(F)c1. The minimum absolute atomic E-state index is 0.310. The Hall–Kier alpha value is -1.03. The molecule has 19 heavy (non-hydrogen) atoms. The van der Waals surface area contributed by atoms with Crippen LogP contribution in [0.1, 0.15) is 24.2 Å². The standard InChI is InChI=1S/C15H14ClFOS/c1-10(18)11-6-7-15(14(17)8-11)19-9-12-4-2-3-5-13(12)16/h2-8,10,18H,9H2,1H3/t10-/m0/s1. The van der Waals surface area contributed by atoms with Gasteiger partial charge in [0.05, 0.1) is 6.10 Å². The van der Waals surface area contributed by atoms with E-state index in [9.17, 15) is 9.50 Å². The lowest BCUT2D eigenvalue weighted by molar-refractivity contribution is 0.198. The lowest BCUT2D eigenvalue weighted by Crippen LogP contribution is -1.93. The Bertz CT molecular complexity index is 572. The van der Waals surface area contributed by atoms with Gasteiger partial charge in [0.15, 0.2) is 0 Å². The topological polar surface area (TPSA) is 20.2 Å². The molecular formula is C15H14ClFOS. The van der Waals surface area contributed by atoms with Crippen molar-refractivity contribution < 1.29 is 9.50 Å². The molecule has 0 unspecified atom stereocenters. The van der Waals surface area contributed by atoms with Gasteiger partial charge in [0.25, 0.3) is 0 Å². The number of hydrogen-bond acceptors (Lipinski definition) is 2. The number of thioether (sulfide) groups is 1. The van der Waals surface area contributed by atoms with Gasteiger partial charge in [0, 0.05) is 15.7 Å².